The summed E-state index contributed by atoms with van der Waals surface area (Å²) in [5, 5.41) is 3.68. The van der Waals surface area contributed by atoms with Crippen LogP contribution < -0.4 is 4.74 Å². The topological polar surface area (TPSA) is 85.5 Å². The van der Waals surface area contributed by atoms with Crippen LogP contribution in [0.1, 0.15) is 24.2 Å². The number of hydrogen-bond donors (Lipinski definition) is 0. The highest BCUT2D eigenvalue weighted by atomic mass is 35.5. The van der Waals surface area contributed by atoms with Crippen molar-refractivity contribution in [1.82, 2.24) is 15.0 Å². The molecule has 162 valence electrons. The number of rotatable bonds is 5. The van der Waals surface area contributed by atoms with Crippen LogP contribution in [0.15, 0.2) is 46.0 Å². The van der Waals surface area contributed by atoms with Crippen LogP contribution in [0.3, 0.4) is 0 Å². The number of likely N-dealkylation sites (tertiary alicyclic amines) is 1. The summed E-state index contributed by atoms with van der Waals surface area (Å²) in [5.74, 6) is -1.31. The third-order valence-electron chi connectivity index (χ3n) is 4.99. The van der Waals surface area contributed by atoms with Crippen molar-refractivity contribution in [3.63, 3.8) is 0 Å². The van der Waals surface area contributed by atoms with Gasteiger partial charge in [0.2, 0.25) is 0 Å². The minimum absolute atomic E-state index is 0.0353. The summed E-state index contributed by atoms with van der Waals surface area (Å²) in [6.45, 7) is 2.00. The highest BCUT2D eigenvalue weighted by Crippen LogP contribution is 2.37. The molecule has 1 aromatic heterocycles. The van der Waals surface area contributed by atoms with Gasteiger partial charge in [-0.25, -0.2) is 0 Å². The Kier molecular flexibility index (Phi) is 5.34. The summed E-state index contributed by atoms with van der Waals surface area (Å²) < 4.78 is 45.9. The Balaban J connectivity index is 1.51. The maximum absolute atomic E-state index is 13.0. The van der Waals surface area contributed by atoms with Gasteiger partial charge in [0.15, 0.2) is 11.6 Å². The molecule has 1 fully saturated rings. The molecule has 1 saturated heterocycles. The monoisotopic (exact) mass is 453 g/mol. The first-order valence-corrected chi connectivity index (χ1v) is 9.69. The smallest absolute Gasteiger partial charge is 0.406 e. The molecule has 0 bridgehead atoms. The second-order valence-corrected chi connectivity index (χ2v) is 7.37. The van der Waals surface area contributed by atoms with E-state index in [-0.39, 0.29) is 53.7 Å². The van der Waals surface area contributed by atoms with E-state index in [4.69, 9.17) is 16.1 Å². The number of hydrogen-bond acceptors (Lipinski definition) is 6. The number of Topliss-reactive ketones (excluding diaryl/α,β-unsaturated/α-hetero) is 1. The largest absolute Gasteiger partial charge is 0.573 e. The van der Waals surface area contributed by atoms with Crippen molar-refractivity contribution in [2.45, 2.75) is 25.7 Å². The quantitative estimate of drug-likeness (QED) is 0.642. The van der Waals surface area contributed by atoms with Crippen LogP contribution in [0.2, 0.25) is 0 Å². The fourth-order valence-electron chi connectivity index (χ4n) is 3.66. The number of fused-ring (bicyclic) bond motifs is 1. The lowest BCUT2D eigenvalue weighted by Gasteiger charge is -2.17. The van der Waals surface area contributed by atoms with Crippen LogP contribution in [0, 0.1) is 5.92 Å². The van der Waals surface area contributed by atoms with E-state index in [2.05, 4.69) is 14.9 Å². The molecular formula is C20H15ClF3N3O4. The number of carbonyl (C=O) groups excluding carboxylic acids is 2. The molecule has 2 aliphatic rings. The summed E-state index contributed by atoms with van der Waals surface area (Å²) in [6.07, 6.45) is -3.23. The van der Waals surface area contributed by atoms with E-state index in [1.807, 2.05) is 0 Å². The van der Waals surface area contributed by atoms with Gasteiger partial charge in [-0.15, -0.1) is 24.8 Å². The second-order valence-electron chi connectivity index (χ2n) is 7.10. The van der Waals surface area contributed by atoms with Gasteiger partial charge in [-0.1, -0.05) is 17.3 Å². The Morgan fingerprint density at radius 3 is 2.58 bits per heavy atom. The molecule has 1 aromatic carbocycles. The molecule has 0 N–H and O–H groups in total. The normalized spacial score (nSPS) is 19.1. The molecule has 0 saturated carbocycles. The first kappa shape index (κ1) is 21.1. The van der Waals surface area contributed by atoms with Crippen molar-refractivity contribution in [3.8, 4) is 5.75 Å². The average Bonchev–Trinajstić information content (AvgIpc) is 3.31. The second kappa shape index (κ2) is 7.84. The van der Waals surface area contributed by atoms with Crippen molar-refractivity contribution in [3.05, 3.63) is 58.8 Å². The fourth-order valence-corrected chi connectivity index (χ4v) is 3.77. The van der Waals surface area contributed by atoms with Gasteiger partial charge in [-0.2, -0.15) is 4.98 Å². The lowest BCUT2D eigenvalue weighted by molar-refractivity contribution is -0.274. The van der Waals surface area contributed by atoms with E-state index in [0.717, 1.165) is 0 Å². The number of amides is 1. The minimum atomic E-state index is -4.78. The summed E-state index contributed by atoms with van der Waals surface area (Å²) in [5.41, 5.74) is 1.83. The summed E-state index contributed by atoms with van der Waals surface area (Å²) in [7, 11) is 0. The minimum Gasteiger partial charge on any atom is -0.406 e. The molecule has 1 unspecified atom stereocenters. The van der Waals surface area contributed by atoms with Gasteiger partial charge in [-0.05, 0) is 36.3 Å². The van der Waals surface area contributed by atoms with Gasteiger partial charge in [0.1, 0.15) is 5.75 Å². The Morgan fingerprint density at radius 1 is 1.26 bits per heavy atom. The van der Waals surface area contributed by atoms with E-state index in [9.17, 15) is 22.8 Å². The number of allylic oxidation sites excluding steroid dienone is 3. The van der Waals surface area contributed by atoms with Gasteiger partial charge in [0, 0.05) is 18.7 Å². The molecule has 1 amide bonds. The van der Waals surface area contributed by atoms with Crippen molar-refractivity contribution in [1.29, 1.82) is 0 Å². The van der Waals surface area contributed by atoms with E-state index in [0.29, 0.717) is 16.7 Å². The number of ketones is 1. The molecule has 1 aliphatic heterocycles. The molecule has 11 heteroatoms. The van der Waals surface area contributed by atoms with E-state index >= 15 is 0 Å². The Bertz CT molecular complexity index is 1110. The standard InChI is InChI=1S/C20H15ClF3N3O4/c1-10-6-13(18-25-15(7-21)26-31-18)17(28)14-9-27(19(29)16(10)14)8-11-2-4-12(5-3-11)30-20(22,23)24/h2-6,14H,7-9H2,1H3. The van der Waals surface area contributed by atoms with Gasteiger partial charge in [0.25, 0.3) is 11.8 Å². The molecule has 0 spiro atoms. The number of alkyl halides is 4. The van der Waals surface area contributed by atoms with E-state index < -0.39 is 12.3 Å². The Morgan fingerprint density at radius 2 is 1.97 bits per heavy atom. The van der Waals surface area contributed by atoms with Crippen LogP contribution in [0.25, 0.3) is 5.57 Å². The van der Waals surface area contributed by atoms with Crippen LogP contribution in [0.4, 0.5) is 13.2 Å². The lowest BCUT2D eigenvalue weighted by atomic mass is 9.84. The maximum Gasteiger partial charge on any atom is 0.573 e. The SMILES string of the molecule is CC1=C2C(=O)N(Cc3ccc(OC(F)(F)F)cc3)CC2C(=O)C(c2nc(CCl)no2)=C1. The molecule has 1 atom stereocenters. The highest BCUT2D eigenvalue weighted by Gasteiger charge is 2.44. The first-order chi connectivity index (χ1) is 14.7. The number of nitrogens with zero attached hydrogens (tertiary/aromatic N) is 3. The predicted octanol–water partition coefficient (Wildman–Crippen LogP) is 3.65. The molecule has 31 heavy (non-hydrogen) atoms. The van der Waals surface area contributed by atoms with Crippen molar-refractivity contribution < 1.29 is 32.0 Å². The average molecular weight is 454 g/mol. The molecular weight excluding hydrogens is 439 g/mol. The van der Waals surface area contributed by atoms with Crippen molar-refractivity contribution >= 4 is 28.9 Å². The molecule has 2 heterocycles. The molecule has 2 aromatic rings. The van der Waals surface area contributed by atoms with E-state index in [1.165, 1.54) is 29.2 Å². The van der Waals surface area contributed by atoms with Crippen molar-refractivity contribution in [2.75, 3.05) is 6.54 Å². The predicted molar refractivity (Wildman–Crippen MR) is 102 cm³/mol. The van der Waals surface area contributed by atoms with Crippen molar-refractivity contribution in [2.24, 2.45) is 5.92 Å². The molecule has 4 rings (SSSR count). The van der Waals surface area contributed by atoms with Crippen LogP contribution in [-0.4, -0.2) is 39.6 Å². The van der Waals surface area contributed by atoms with Crippen LogP contribution >= 0.6 is 11.6 Å². The van der Waals surface area contributed by atoms with Gasteiger partial charge >= 0.3 is 6.36 Å². The summed E-state index contributed by atoms with van der Waals surface area (Å²) in [4.78, 5) is 31.5. The zero-order valence-corrected chi connectivity index (χ0v) is 16.8. The number of benzene rings is 1. The van der Waals surface area contributed by atoms with Crippen LogP contribution in [-0.2, 0) is 22.0 Å². The van der Waals surface area contributed by atoms with Gasteiger partial charge < -0.3 is 14.2 Å². The molecule has 1 aliphatic carbocycles. The third kappa shape index (κ3) is 4.20. The highest BCUT2D eigenvalue weighted by molar-refractivity contribution is 6.26. The zero-order chi connectivity index (χ0) is 22.3. The van der Waals surface area contributed by atoms with Crippen LogP contribution in [0.5, 0.6) is 5.75 Å². The fraction of sp³-hybridized carbons (Fsp3) is 0.300. The number of ether oxygens (including phenoxy) is 1. The zero-order valence-electron chi connectivity index (χ0n) is 16.1. The summed E-state index contributed by atoms with van der Waals surface area (Å²) in [6, 6.07) is 5.23. The number of carbonyl (C=O) groups is 2. The van der Waals surface area contributed by atoms with E-state index in [1.54, 1.807) is 13.0 Å². The van der Waals surface area contributed by atoms with Gasteiger partial charge in [0.05, 0.1) is 17.4 Å². The molecule has 0 radical (unpaired) electrons. The first-order valence-electron chi connectivity index (χ1n) is 9.16. The third-order valence-corrected chi connectivity index (χ3v) is 5.22. The Labute approximate surface area is 179 Å². The lowest BCUT2D eigenvalue weighted by Crippen LogP contribution is -2.26. The summed E-state index contributed by atoms with van der Waals surface area (Å²) >= 11 is 5.68. The molecule has 7 nitrogen and oxygen atoms in total. The number of aromatic nitrogens is 2. The van der Waals surface area contributed by atoms with Gasteiger partial charge in [-0.3, -0.25) is 9.59 Å². The Hall–Kier alpha value is -3.14. The maximum atomic E-state index is 13.0. The number of halogens is 4.